The summed E-state index contributed by atoms with van der Waals surface area (Å²) >= 11 is 0. The molecule has 55 heavy (non-hydrogen) atoms. The van der Waals surface area contributed by atoms with Crippen molar-refractivity contribution in [2.75, 3.05) is 13.2 Å². The van der Waals surface area contributed by atoms with Crippen molar-refractivity contribution in [3.63, 3.8) is 0 Å². The van der Waals surface area contributed by atoms with Gasteiger partial charge in [0.05, 0.1) is 0 Å². The molecule has 0 saturated heterocycles. The molecule has 0 aromatic heterocycles. The summed E-state index contributed by atoms with van der Waals surface area (Å²) < 4.78 is 16.6. The minimum atomic E-state index is -0.758. The van der Waals surface area contributed by atoms with E-state index in [1.54, 1.807) is 0 Å². The molecule has 0 aliphatic heterocycles. The molecule has 6 nitrogen and oxygen atoms in total. The summed E-state index contributed by atoms with van der Waals surface area (Å²) in [7, 11) is 0. The number of carbonyl (C=O) groups excluding carboxylic acids is 3. The maximum absolute atomic E-state index is 12.7. The lowest BCUT2D eigenvalue weighted by Gasteiger charge is -2.18. The molecular formula is C49H94O6. The van der Waals surface area contributed by atoms with Crippen molar-refractivity contribution in [2.45, 2.75) is 278 Å². The molecule has 0 radical (unpaired) electrons. The van der Waals surface area contributed by atoms with Crippen molar-refractivity contribution in [1.82, 2.24) is 0 Å². The SMILES string of the molecule is CCCCCCCCCCCCCCCC(=O)OC[C@H](COC(=O)CCCCCCC)OC(=O)CCCCCCCCCCCCCCCCCCC(C)C. The van der Waals surface area contributed by atoms with Crippen LogP contribution in [0.5, 0.6) is 0 Å². The largest absolute Gasteiger partial charge is 0.462 e. The van der Waals surface area contributed by atoms with Gasteiger partial charge in [-0.05, 0) is 25.2 Å². The maximum atomic E-state index is 12.7. The summed E-state index contributed by atoms with van der Waals surface area (Å²) in [6.45, 7) is 8.95. The van der Waals surface area contributed by atoms with Crippen molar-refractivity contribution in [2.24, 2.45) is 5.92 Å². The zero-order valence-corrected chi connectivity index (χ0v) is 37.4. The number of esters is 3. The summed E-state index contributed by atoms with van der Waals surface area (Å²) in [5, 5.41) is 0. The van der Waals surface area contributed by atoms with Crippen molar-refractivity contribution >= 4 is 17.9 Å². The van der Waals surface area contributed by atoms with Gasteiger partial charge >= 0.3 is 17.9 Å². The lowest BCUT2D eigenvalue weighted by molar-refractivity contribution is -0.167. The quantitative estimate of drug-likeness (QED) is 0.0348. The average molecular weight is 779 g/mol. The first-order chi connectivity index (χ1) is 26.9. The van der Waals surface area contributed by atoms with Crippen molar-refractivity contribution < 1.29 is 28.6 Å². The van der Waals surface area contributed by atoms with Crippen LogP contribution in [0.25, 0.3) is 0 Å². The number of rotatable bonds is 44. The van der Waals surface area contributed by atoms with E-state index in [0.29, 0.717) is 19.3 Å². The third kappa shape index (κ3) is 43.4. The topological polar surface area (TPSA) is 78.9 Å². The van der Waals surface area contributed by atoms with Gasteiger partial charge in [0.25, 0.3) is 0 Å². The van der Waals surface area contributed by atoms with Crippen molar-refractivity contribution in [3.8, 4) is 0 Å². The number of carbonyl (C=O) groups is 3. The summed E-state index contributed by atoms with van der Waals surface area (Å²) in [4.78, 5) is 37.5. The average Bonchev–Trinajstić information content (AvgIpc) is 3.17. The first kappa shape index (κ1) is 53.4. The van der Waals surface area contributed by atoms with Crippen LogP contribution in [0.3, 0.4) is 0 Å². The van der Waals surface area contributed by atoms with E-state index in [9.17, 15) is 14.4 Å². The normalized spacial score (nSPS) is 11.9. The Morgan fingerprint density at radius 3 is 0.891 bits per heavy atom. The van der Waals surface area contributed by atoms with Gasteiger partial charge in [-0.1, -0.05) is 233 Å². The molecule has 0 heterocycles. The lowest BCUT2D eigenvalue weighted by Crippen LogP contribution is -2.30. The molecule has 1 atom stereocenters. The first-order valence-electron chi connectivity index (χ1n) is 24.4. The molecule has 0 saturated carbocycles. The minimum Gasteiger partial charge on any atom is -0.462 e. The van der Waals surface area contributed by atoms with E-state index in [-0.39, 0.29) is 31.1 Å². The Morgan fingerprint density at radius 2 is 0.600 bits per heavy atom. The predicted molar refractivity (Wildman–Crippen MR) is 233 cm³/mol. The second-order valence-electron chi connectivity index (χ2n) is 17.2. The summed E-state index contributed by atoms with van der Waals surface area (Å²) in [5.74, 6) is -0.0111. The van der Waals surface area contributed by atoms with E-state index in [2.05, 4.69) is 27.7 Å². The monoisotopic (exact) mass is 779 g/mol. The van der Waals surface area contributed by atoms with E-state index in [1.807, 2.05) is 0 Å². The molecule has 0 N–H and O–H groups in total. The van der Waals surface area contributed by atoms with E-state index in [1.165, 1.54) is 161 Å². The van der Waals surface area contributed by atoms with Crippen LogP contribution in [0.1, 0.15) is 272 Å². The van der Waals surface area contributed by atoms with Gasteiger partial charge in [0, 0.05) is 19.3 Å². The highest BCUT2D eigenvalue weighted by atomic mass is 16.6. The number of hydrogen-bond donors (Lipinski definition) is 0. The Bertz CT molecular complexity index is 826. The van der Waals surface area contributed by atoms with Crippen molar-refractivity contribution in [1.29, 1.82) is 0 Å². The van der Waals surface area contributed by atoms with Crippen molar-refractivity contribution in [3.05, 3.63) is 0 Å². The predicted octanol–water partition coefficient (Wildman–Crippen LogP) is 15.5. The van der Waals surface area contributed by atoms with Gasteiger partial charge in [-0.25, -0.2) is 0 Å². The molecule has 326 valence electrons. The molecule has 0 bridgehead atoms. The zero-order chi connectivity index (χ0) is 40.3. The van der Waals surface area contributed by atoms with E-state index >= 15 is 0 Å². The third-order valence-electron chi connectivity index (χ3n) is 11.0. The Kier molecular flexibility index (Phi) is 42.3. The van der Waals surface area contributed by atoms with E-state index in [0.717, 1.165) is 70.1 Å². The fourth-order valence-electron chi connectivity index (χ4n) is 7.33. The maximum Gasteiger partial charge on any atom is 0.306 e. The fraction of sp³-hybridized carbons (Fsp3) is 0.939. The molecule has 0 aliphatic rings. The highest BCUT2D eigenvalue weighted by Crippen LogP contribution is 2.17. The summed E-state index contributed by atoms with van der Waals surface area (Å²) in [6.07, 6.45) is 44.0. The molecule has 0 aromatic carbocycles. The van der Waals surface area contributed by atoms with Gasteiger partial charge in [-0.2, -0.15) is 0 Å². The van der Waals surface area contributed by atoms with Gasteiger partial charge in [0.15, 0.2) is 6.10 Å². The molecule has 0 fully saturated rings. The summed E-state index contributed by atoms with van der Waals surface area (Å²) in [5.41, 5.74) is 0. The van der Waals surface area contributed by atoms with Crippen LogP contribution in [-0.2, 0) is 28.6 Å². The standard InChI is InChI=1S/C49H94O6/c1-5-7-9-11-12-13-14-19-23-26-29-33-37-41-48(51)54-44-46(43-53-47(50)40-36-31-10-8-6-2)55-49(52)42-38-34-30-27-24-21-18-16-15-17-20-22-25-28-32-35-39-45(3)4/h45-46H,5-44H2,1-4H3/t46-/m0/s1. The molecule has 0 rings (SSSR count). The lowest BCUT2D eigenvalue weighted by atomic mass is 10.0. The zero-order valence-electron chi connectivity index (χ0n) is 37.4. The molecule has 0 spiro atoms. The van der Waals surface area contributed by atoms with Gasteiger partial charge in [0.1, 0.15) is 13.2 Å². The fourth-order valence-corrected chi connectivity index (χ4v) is 7.33. The molecular weight excluding hydrogens is 685 g/mol. The molecule has 0 aromatic rings. The highest BCUT2D eigenvalue weighted by molar-refractivity contribution is 5.71. The second-order valence-corrected chi connectivity index (χ2v) is 17.2. The number of hydrogen-bond acceptors (Lipinski definition) is 6. The Labute approximate surface area is 342 Å². The van der Waals surface area contributed by atoms with Crippen LogP contribution in [0.2, 0.25) is 0 Å². The van der Waals surface area contributed by atoms with Gasteiger partial charge in [-0.3, -0.25) is 14.4 Å². The Morgan fingerprint density at radius 1 is 0.345 bits per heavy atom. The van der Waals surface area contributed by atoms with Gasteiger partial charge in [-0.15, -0.1) is 0 Å². The minimum absolute atomic E-state index is 0.0641. The van der Waals surface area contributed by atoms with Crippen LogP contribution in [-0.4, -0.2) is 37.2 Å². The first-order valence-corrected chi connectivity index (χ1v) is 24.4. The number of ether oxygens (including phenoxy) is 3. The van der Waals surface area contributed by atoms with Gasteiger partial charge < -0.3 is 14.2 Å². The second kappa shape index (κ2) is 43.5. The Hall–Kier alpha value is -1.59. The van der Waals surface area contributed by atoms with Gasteiger partial charge in [0.2, 0.25) is 0 Å². The van der Waals surface area contributed by atoms with Crippen LogP contribution < -0.4 is 0 Å². The molecule has 0 amide bonds. The third-order valence-corrected chi connectivity index (χ3v) is 11.0. The summed E-state index contributed by atoms with van der Waals surface area (Å²) in [6, 6.07) is 0. The van der Waals surface area contributed by atoms with Crippen LogP contribution in [0.15, 0.2) is 0 Å². The van der Waals surface area contributed by atoms with E-state index < -0.39 is 6.10 Å². The molecule has 0 aliphatic carbocycles. The van der Waals surface area contributed by atoms with Crippen LogP contribution >= 0.6 is 0 Å². The van der Waals surface area contributed by atoms with Crippen LogP contribution in [0, 0.1) is 5.92 Å². The highest BCUT2D eigenvalue weighted by Gasteiger charge is 2.19. The smallest absolute Gasteiger partial charge is 0.306 e. The van der Waals surface area contributed by atoms with E-state index in [4.69, 9.17) is 14.2 Å². The number of unbranched alkanes of at least 4 members (excludes halogenated alkanes) is 31. The van der Waals surface area contributed by atoms with Crippen LogP contribution in [0.4, 0.5) is 0 Å². The Balaban J connectivity index is 4.11. The molecule has 6 heteroatoms. The molecule has 0 unspecified atom stereocenters.